The molecule has 0 aliphatic heterocycles. The first-order chi connectivity index (χ1) is 7.66. The Balaban J connectivity index is 2.11. The largest absolute Gasteiger partial charge is 0.394 e. The zero-order chi connectivity index (χ0) is 11.5. The molecule has 5 heteroatoms. The lowest BCUT2D eigenvalue weighted by Gasteiger charge is -2.04. The van der Waals surface area contributed by atoms with Crippen LogP contribution in [0.3, 0.4) is 0 Å². The molecule has 0 amide bonds. The molecule has 2 heterocycles. The predicted molar refractivity (Wildman–Crippen MR) is 62.0 cm³/mol. The van der Waals surface area contributed by atoms with E-state index in [0.717, 1.165) is 12.0 Å². The highest BCUT2D eigenvalue weighted by Crippen LogP contribution is 2.00. The second-order valence-electron chi connectivity index (χ2n) is 3.73. The minimum absolute atomic E-state index is 0.133. The van der Waals surface area contributed by atoms with Crippen LogP contribution in [-0.2, 0) is 20.0 Å². The molecule has 0 saturated carbocycles. The lowest BCUT2D eigenvalue weighted by Crippen LogP contribution is -2.22. The van der Waals surface area contributed by atoms with Gasteiger partial charge in [-0.3, -0.25) is 9.48 Å². The molecule has 0 aromatic carbocycles. The first-order valence-corrected chi connectivity index (χ1v) is 5.09. The molecule has 5 nitrogen and oxygen atoms in total. The van der Waals surface area contributed by atoms with Crippen LogP contribution in [0.15, 0.2) is 35.5 Å². The maximum absolute atomic E-state index is 11.6. The lowest BCUT2D eigenvalue weighted by atomic mass is 10.2. The summed E-state index contributed by atoms with van der Waals surface area (Å²) in [5.41, 5.74) is 6.80. The SMILES string of the molecule is Cn1cc(CCn2cccc(N)c2=O)cn1. The number of hydrogen-bond donors (Lipinski definition) is 1. The van der Waals surface area contributed by atoms with E-state index in [-0.39, 0.29) is 11.2 Å². The summed E-state index contributed by atoms with van der Waals surface area (Å²) >= 11 is 0. The van der Waals surface area contributed by atoms with Gasteiger partial charge in [-0.1, -0.05) is 0 Å². The van der Waals surface area contributed by atoms with Crippen LogP contribution in [0, 0.1) is 0 Å². The monoisotopic (exact) mass is 218 g/mol. The second kappa shape index (κ2) is 4.22. The Kier molecular flexibility index (Phi) is 2.76. The van der Waals surface area contributed by atoms with Gasteiger partial charge in [0.25, 0.3) is 5.56 Å². The first kappa shape index (κ1) is 10.5. The standard InChI is InChI=1S/C11H14N4O/c1-14-8-9(7-13-14)4-6-15-5-2-3-10(12)11(15)16/h2-3,5,7-8H,4,6,12H2,1H3. The van der Waals surface area contributed by atoms with E-state index in [2.05, 4.69) is 5.10 Å². The molecule has 2 rings (SSSR count). The van der Waals surface area contributed by atoms with E-state index in [4.69, 9.17) is 5.73 Å². The molecule has 0 atom stereocenters. The van der Waals surface area contributed by atoms with E-state index in [1.54, 1.807) is 33.8 Å². The molecule has 2 N–H and O–H groups in total. The zero-order valence-corrected chi connectivity index (χ0v) is 9.13. The molecule has 0 aliphatic rings. The van der Waals surface area contributed by atoms with E-state index in [1.807, 2.05) is 13.2 Å². The highest BCUT2D eigenvalue weighted by Gasteiger charge is 2.01. The number of pyridine rings is 1. The van der Waals surface area contributed by atoms with Crippen LogP contribution in [0.25, 0.3) is 0 Å². The van der Waals surface area contributed by atoms with Gasteiger partial charge < -0.3 is 10.3 Å². The summed E-state index contributed by atoms with van der Waals surface area (Å²) in [6, 6.07) is 3.39. The lowest BCUT2D eigenvalue weighted by molar-refractivity contribution is 0.670. The average molecular weight is 218 g/mol. The fourth-order valence-corrected chi connectivity index (χ4v) is 1.58. The molecule has 0 spiro atoms. The van der Waals surface area contributed by atoms with Crippen molar-refractivity contribution in [1.82, 2.24) is 14.3 Å². The van der Waals surface area contributed by atoms with Crippen LogP contribution in [0.2, 0.25) is 0 Å². The molecule has 84 valence electrons. The molecule has 0 radical (unpaired) electrons. The van der Waals surface area contributed by atoms with Gasteiger partial charge in [-0.05, 0) is 24.1 Å². The summed E-state index contributed by atoms with van der Waals surface area (Å²) in [7, 11) is 1.87. The average Bonchev–Trinajstić information content (AvgIpc) is 2.67. The normalized spacial score (nSPS) is 10.6. The fraction of sp³-hybridized carbons (Fsp3) is 0.273. The van der Waals surface area contributed by atoms with Crippen molar-refractivity contribution in [2.75, 3.05) is 5.73 Å². The minimum atomic E-state index is -0.133. The van der Waals surface area contributed by atoms with Crippen molar-refractivity contribution in [3.8, 4) is 0 Å². The quantitative estimate of drug-likeness (QED) is 0.811. The summed E-state index contributed by atoms with van der Waals surface area (Å²) in [5, 5.41) is 4.07. The van der Waals surface area contributed by atoms with Crippen molar-refractivity contribution in [1.29, 1.82) is 0 Å². The topological polar surface area (TPSA) is 65.8 Å². The summed E-state index contributed by atoms with van der Waals surface area (Å²) in [4.78, 5) is 11.6. The van der Waals surface area contributed by atoms with E-state index >= 15 is 0 Å². The number of nitrogens with two attached hydrogens (primary N) is 1. The van der Waals surface area contributed by atoms with E-state index in [9.17, 15) is 4.79 Å². The Bertz CT molecular complexity index is 541. The molecule has 0 bridgehead atoms. The first-order valence-electron chi connectivity index (χ1n) is 5.09. The number of aryl methyl sites for hydroxylation is 3. The van der Waals surface area contributed by atoms with Gasteiger partial charge in [-0.15, -0.1) is 0 Å². The van der Waals surface area contributed by atoms with Crippen molar-refractivity contribution < 1.29 is 0 Å². The van der Waals surface area contributed by atoms with Crippen molar-refractivity contribution >= 4 is 5.69 Å². The van der Waals surface area contributed by atoms with E-state index in [1.165, 1.54) is 0 Å². The number of rotatable bonds is 3. The number of anilines is 1. The maximum Gasteiger partial charge on any atom is 0.273 e. The highest BCUT2D eigenvalue weighted by molar-refractivity contribution is 5.33. The third-order valence-electron chi connectivity index (χ3n) is 2.45. The van der Waals surface area contributed by atoms with Gasteiger partial charge in [0.2, 0.25) is 0 Å². The number of aromatic nitrogens is 3. The molecular formula is C11H14N4O. The summed E-state index contributed by atoms with van der Waals surface area (Å²) in [6.07, 6.45) is 6.26. The molecule has 0 fully saturated rings. The Morgan fingerprint density at radius 3 is 3.00 bits per heavy atom. The van der Waals surface area contributed by atoms with Crippen molar-refractivity contribution in [3.63, 3.8) is 0 Å². The third kappa shape index (κ3) is 2.13. The van der Waals surface area contributed by atoms with Crippen LogP contribution in [0.5, 0.6) is 0 Å². The van der Waals surface area contributed by atoms with Crippen LogP contribution in [-0.4, -0.2) is 14.3 Å². The fourth-order valence-electron chi connectivity index (χ4n) is 1.58. The third-order valence-corrected chi connectivity index (χ3v) is 2.45. The second-order valence-corrected chi connectivity index (χ2v) is 3.73. The minimum Gasteiger partial charge on any atom is -0.394 e. The Labute approximate surface area is 93.1 Å². The number of hydrogen-bond acceptors (Lipinski definition) is 3. The Hall–Kier alpha value is -2.04. The summed E-state index contributed by atoms with van der Waals surface area (Å²) in [6.45, 7) is 0.621. The van der Waals surface area contributed by atoms with Gasteiger partial charge in [-0.25, -0.2) is 0 Å². The number of nitrogens with zero attached hydrogens (tertiary/aromatic N) is 3. The van der Waals surface area contributed by atoms with E-state index in [0.29, 0.717) is 6.54 Å². The van der Waals surface area contributed by atoms with Gasteiger partial charge in [0.05, 0.1) is 11.9 Å². The smallest absolute Gasteiger partial charge is 0.273 e. The zero-order valence-electron chi connectivity index (χ0n) is 9.13. The Morgan fingerprint density at radius 2 is 2.31 bits per heavy atom. The molecule has 2 aromatic heterocycles. The molecule has 2 aromatic rings. The predicted octanol–water partition coefficient (Wildman–Crippen LogP) is 0.407. The van der Waals surface area contributed by atoms with Crippen LogP contribution >= 0.6 is 0 Å². The van der Waals surface area contributed by atoms with Crippen molar-refractivity contribution in [3.05, 3.63) is 46.6 Å². The summed E-state index contributed by atoms with van der Waals surface area (Å²) < 4.78 is 3.36. The van der Waals surface area contributed by atoms with Gasteiger partial charge >= 0.3 is 0 Å². The van der Waals surface area contributed by atoms with Gasteiger partial charge in [0.1, 0.15) is 0 Å². The molecule has 0 aliphatic carbocycles. The van der Waals surface area contributed by atoms with Crippen LogP contribution in [0.4, 0.5) is 5.69 Å². The van der Waals surface area contributed by atoms with Gasteiger partial charge in [-0.2, -0.15) is 5.10 Å². The summed E-state index contributed by atoms with van der Waals surface area (Å²) in [5.74, 6) is 0. The molecular weight excluding hydrogens is 204 g/mol. The van der Waals surface area contributed by atoms with Crippen molar-refractivity contribution in [2.24, 2.45) is 7.05 Å². The molecule has 0 saturated heterocycles. The van der Waals surface area contributed by atoms with Gasteiger partial charge in [0, 0.05) is 26.0 Å². The maximum atomic E-state index is 11.6. The van der Waals surface area contributed by atoms with Crippen LogP contribution in [0.1, 0.15) is 5.56 Å². The number of nitrogen functional groups attached to an aromatic ring is 1. The Morgan fingerprint density at radius 1 is 1.50 bits per heavy atom. The highest BCUT2D eigenvalue weighted by atomic mass is 16.1. The molecule has 16 heavy (non-hydrogen) atoms. The van der Waals surface area contributed by atoms with E-state index < -0.39 is 0 Å². The van der Waals surface area contributed by atoms with Crippen LogP contribution < -0.4 is 11.3 Å². The van der Waals surface area contributed by atoms with Crippen molar-refractivity contribution in [2.45, 2.75) is 13.0 Å². The van der Waals surface area contributed by atoms with Gasteiger partial charge in [0.15, 0.2) is 0 Å². The molecule has 0 unspecified atom stereocenters.